The first kappa shape index (κ1) is 13.4. The zero-order valence-corrected chi connectivity index (χ0v) is 11.1. The SMILES string of the molecule is Cc1ccc(NC(N)=NCC(=O)NCC2CC2)cc1. The topological polar surface area (TPSA) is 79.5 Å². The third-order valence-corrected chi connectivity index (χ3v) is 3.00. The molecule has 0 radical (unpaired) electrons. The van der Waals surface area contributed by atoms with Gasteiger partial charge in [-0.1, -0.05) is 17.7 Å². The fourth-order valence-corrected chi connectivity index (χ4v) is 1.62. The van der Waals surface area contributed by atoms with Crippen molar-refractivity contribution in [2.45, 2.75) is 19.8 Å². The molecule has 0 aromatic heterocycles. The predicted molar refractivity (Wildman–Crippen MR) is 77.0 cm³/mol. The molecule has 1 aromatic carbocycles. The maximum Gasteiger partial charge on any atom is 0.241 e. The first-order chi connectivity index (χ1) is 9.13. The van der Waals surface area contributed by atoms with Crippen molar-refractivity contribution in [2.75, 3.05) is 18.4 Å². The lowest BCUT2D eigenvalue weighted by Gasteiger charge is -2.06. The van der Waals surface area contributed by atoms with Crippen LogP contribution in [0.1, 0.15) is 18.4 Å². The summed E-state index contributed by atoms with van der Waals surface area (Å²) in [5.41, 5.74) is 7.77. The molecule has 19 heavy (non-hydrogen) atoms. The average Bonchev–Trinajstić information content (AvgIpc) is 3.21. The molecule has 0 heterocycles. The van der Waals surface area contributed by atoms with Gasteiger partial charge in [0.2, 0.25) is 5.91 Å². The Morgan fingerprint density at radius 1 is 1.37 bits per heavy atom. The van der Waals surface area contributed by atoms with Gasteiger partial charge in [0.15, 0.2) is 5.96 Å². The number of anilines is 1. The summed E-state index contributed by atoms with van der Waals surface area (Å²) in [6, 6.07) is 7.81. The van der Waals surface area contributed by atoms with Crippen molar-refractivity contribution in [2.24, 2.45) is 16.6 Å². The van der Waals surface area contributed by atoms with E-state index in [1.54, 1.807) is 0 Å². The molecule has 1 amide bonds. The number of hydrogen-bond acceptors (Lipinski definition) is 2. The fraction of sp³-hybridized carbons (Fsp3) is 0.429. The van der Waals surface area contributed by atoms with Crippen molar-refractivity contribution in [1.29, 1.82) is 0 Å². The second-order valence-electron chi connectivity index (χ2n) is 4.94. The number of nitrogens with two attached hydrogens (primary N) is 1. The van der Waals surface area contributed by atoms with E-state index in [4.69, 9.17) is 5.73 Å². The van der Waals surface area contributed by atoms with Gasteiger partial charge < -0.3 is 16.4 Å². The van der Waals surface area contributed by atoms with Gasteiger partial charge in [-0.25, -0.2) is 4.99 Å². The lowest BCUT2D eigenvalue weighted by molar-refractivity contribution is -0.119. The number of aliphatic imine (C=N–C) groups is 1. The Kier molecular flexibility index (Phi) is 4.39. The first-order valence-corrected chi connectivity index (χ1v) is 6.54. The van der Waals surface area contributed by atoms with Crippen LogP contribution >= 0.6 is 0 Å². The molecular weight excluding hydrogens is 240 g/mol. The highest BCUT2D eigenvalue weighted by atomic mass is 16.1. The molecule has 1 aliphatic carbocycles. The Bertz CT molecular complexity index is 463. The largest absolute Gasteiger partial charge is 0.370 e. The summed E-state index contributed by atoms with van der Waals surface area (Å²) < 4.78 is 0. The van der Waals surface area contributed by atoms with Crippen LogP contribution in [-0.4, -0.2) is 25.0 Å². The van der Waals surface area contributed by atoms with Gasteiger partial charge in [0.25, 0.3) is 0 Å². The van der Waals surface area contributed by atoms with E-state index in [1.165, 1.54) is 18.4 Å². The minimum Gasteiger partial charge on any atom is -0.370 e. The lowest BCUT2D eigenvalue weighted by Crippen LogP contribution is -2.30. The molecule has 0 spiro atoms. The quantitative estimate of drug-likeness (QED) is 0.550. The number of guanidine groups is 1. The number of nitrogens with one attached hydrogen (secondary N) is 2. The van der Waals surface area contributed by atoms with Gasteiger partial charge in [0.05, 0.1) is 0 Å². The van der Waals surface area contributed by atoms with Gasteiger partial charge in [0, 0.05) is 12.2 Å². The van der Waals surface area contributed by atoms with Crippen LogP contribution in [0.2, 0.25) is 0 Å². The number of aryl methyl sites for hydroxylation is 1. The molecule has 1 fully saturated rings. The van der Waals surface area contributed by atoms with Gasteiger partial charge in [-0.3, -0.25) is 4.79 Å². The minimum atomic E-state index is -0.0828. The van der Waals surface area contributed by atoms with Crippen molar-refractivity contribution in [3.05, 3.63) is 29.8 Å². The molecule has 2 rings (SSSR count). The zero-order chi connectivity index (χ0) is 13.7. The Labute approximate surface area is 113 Å². The van der Waals surface area contributed by atoms with Crippen LogP contribution < -0.4 is 16.4 Å². The highest BCUT2D eigenvalue weighted by molar-refractivity contribution is 5.93. The minimum absolute atomic E-state index is 0.0669. The summed E-state index contributed by atoms with van der Waals surface area (Å²) in [6.45, 7) is 2.85. The van der Waals surface area contributed by atoms with Crippen molar-refractivity contribution in [3.63, 3.8) is 0 Å². The highest BCUT2D eigenvalue weighted by Gasteiger charge is 2.21. The molecule has 4 N–H and O–H groups in total. The second-order valence-corrected chi connectivity index (χ2v) is 4.94. The van der Waals surface area contributed by atoms with E-state index in [0.717, 1.165) is 12.2 Å². The third-order valence-electron chi connectivity index (χ3n) is 3.00. The van der Waals surface area contributed by atoms with Crippen molar-refractivity contribution in [1.82, 2.24) is 5.32 Å². The van der Waals surface area contributed by atoms with Gasteiger partial charge >= 0.3 is 0 Å². The highest BCUT2D eigenvalue weighted by Crippen LogP contribution is 2.27. The van der Waals surface area contributed by atoms with Crippen LogP contribution in [0.4, 0.5) is 5.69 Å². The van der Waals surface area contributed by atoms with Crippen LogP contribution in [0.3, 0.4) is 0 Å². The number of amides is 1. The van der Waals surface area contributed by atoms with Gasteiger partial charge in [-0.2, -0.15) is 0 Å². The van der Waals surface area contributed by atoms with E-state index in [2.05, 4.69) is 15.6 Å². The number of carbonyl (C=O) groups excluding carboxylic acids is 1. The first-order valence-electron chi connectivity index (χ1n) is 6.54. The summed E-state index contributed by atoms with van der Waals surface area (Å²) in [7, 11) is 0. The summed E-state index contributed by atoms with van der Waals surface area (Å²) in [5.74, 6) is 0.849. The molecule has 1 saturated carbocycles. The summed E-state index contributed by atoms with van der Waals surface area (Å²) in [5, 5.41) is 5.79. The molecule has 1 aliphatic rings. The third kappa shape index (κ3) is 4.99. The number of carbonyl (C=O) groups is 1. The van der Waals surface area contributed by atoms with Crippen LogP contribution in [0.5, 0.6) is 0 Å². The molecular formula is C14H20N4O. The van der Waals surface area contributed by atoms with Crippen molar-refractivity contribution >= 4 is 17.6 Å². The number of benzene rings is 1. The Morgan fingerprint density at radius 3 is 2.68 bits per heavy atom. The molecule has 1 aromatic rings. The molecule has 0 bridgehead atoms. The Hall–Kier alpha value is -2.04. The Balaban J connectivity index is 1.74. The summed E-state index contributed by atoms with van der Waals surface area (Å²) in [4.78, 5) is 15.5. The molecule has 0 saturated heterocycles. The zero-order valence-electron chi connectivity index (χ0n) is 11.1. The second kappa shape index (κ2) is 6.22. The molecule has 0 unspecified atom stereocenters. The molecule has 5 heteroatoms. The molecule has 102 valence electrons. The van der Waals surface area contributed by atoms with E-state index < -0.39 is 0 Å². The summed E-state index contributed by atoms with van der Waals surface area (Å²) in [6.07, 6.45) is 2.45. The maximum atomic E-state index is 11.5. The van der Waals surface area contributed by atoms with Crippen molar-refractivity contribution in [3.8, 4) is 0 Å². The smallest absolute Gasteiger partial charge is 0.241 e. The van der Waals surface area contributed by atoms with E-state index in [9.17, 15) is 4.79 Å². The van der Waals surface area contributed by atoms with E-state index >= 15 is 0 Å². The van der Waals surface area contributed by atoms with Crippen molar-refractivity contribution < 1.29 is 4.79 Å². The monoisotopic (exact) mass is 260 g/mol. The van der Waals surface area contributed by atoms with Gasteiger partial charge in [-0.15, -0.1) is 0 Å². The van der Waals surface area contributed by atoms with E-state index in [-0.39, 0.29) is 18.4 Å². The van der Waals surface area contributed by atoms with Crippen LogP contribution in [0.25, 0.3) is 0 Å². The molecule has 0 aliphatic heterocycles. The number of hydrogen-bond donors (Lipinski definition) is 3. The fourth-order valence-electron chi connectivity index (χ4n) is 1.62. The lowest BCUT2D eigenvalue weighted by atomic mass is 10.2. The molecule has 0 atom stereocenters. The van der Waals surface area contributed by atoms with E-state index in [1.807, 2.05) is 31.2 Å². The predicted octanol–water partition coefficient (Wildman–Crippen LogP) is 1.25. The van der Waals surface area contributed by atoms with E-state index in [0.29, 0.717) is 5.92 Å². The van der Waals surface area contributed by atoms with Gasteiger partial charge in [-0.05, 0) is 37.8 Å². The average molecular weight is 260 g/mol. The normalized spacial score (nSPS) is 15.1. The molecule has 5 nitrogen and oxygen atoms in total. The standard InChI is InChI=1S/C14H20N4O/c1-10-2-6-12(7-3-10)18-14(15)17-9-13(19)16-8-11-4-5-11/h2-3,6-7,11H,4-5,8-9H2,1H3,(H,16,19)(H3,15,17,18). The Morgan fingerprint density at radius 2 is 2.05 bits per heavy atom. The summed E-state index contributed by atoms with van der Waals surface area (Å²) >= 11 is 0. The maximum absolute atomic E-state index is 11.5. The number of nitrogens with zero attached hydrogens (tertiary/aromatic N) is 1. The number of rotatable bonds is 5. The van der Waals surface area contributed by atoms with Crippen LogP contribution in [0, 0.1) is 12.8 Å². The van der Waals surface area contributed by atoms with Gasteiger partial charge in [0.1, 0.15) is 6.54 Å². The van der Waals surface area contributed by atoms with Crippen LogP contribution in [0.15, 0.2) is 29.3 Å². The van der Waals surface area contributed by atoms with Crippen LogP contribution in [-0.2, 0) is 4.79 Å².